The van der Waals surface area contributed by atoms with Gasteiger partial charge in [-0.1, -0.05) is 0 Å². The van der Waals surface area contributed by atoms with E-state index in [2.05, 4.69) is 15.3 Å². The smallest absolute Gasteiger partial charge is 0.307 e. The van der Waals surface area contributed by atoms with Gasteiger partial charge >= 0.3 is 5.97 Å². The Labute approximate surface area is 183 Å². The van der Waals surface area contributed by atoms with Crippen LogP contribution in [0.4, 0.5) is 0 Å². The Hall–Kier alpha value is -2.27. The Bertz CT molecular complexity index is 1180. The molecule has 31 heavy (non-hydrogen) atoms. The van der Waals surface area contributed by atoms with E-state index < -0.39 is 33.9 Å². The van der Waals surface area contributed by atoms with Crippen LogP contribution >= 0.6 is 11.3 Å². The Kier molecular flexibility index (Phi) is 6.16. The molecule has 1 fully saturated rings. The molecule has 9 nitrogen and oxygen atoms in total. The first-order valence-corrected chi connectivity index (χ1v) is 13.1. The number of hydrogen-bond donors (Lipinski definition) is 2. The van der Waals surface area contributed by atoms with Crippen LogP contribution in [0.1, 0.15) is 48.9 Å². The number of aromatic amines is 1. The highest BCUT2D eigenvalue weighted by Gasteiger charge is 2.30. The van der Waals surface area contributed by atoms with E-state index in [0.717, 1.165) is 31.2 Å². The molecule has 0 saturated carbocycles. The van der Waals surface area contributed by atoms with Gasteiger partial charge in [0, 0.05) is 17.3 Å². The van der Waals surface area contributed by atoms with Gasteiger partial charge in [-0.25, -0.2) is 13.4 Å². The fourth-order valence-electron chi connectivity index (χ4n) is 4.08. The molecule has 2 aromatic rings. The van der Waals surface area contributed by atoms with E-state index in [0.29, 0.717) is 22.5 Å². The monoisotopic (exact) mass is 467 g/mol. The van der Waals surface area contributed by atoms with Gasteiger partial charge in [-0.05, 0) is 44.6 Å². The van der Waals surface area contributed by atoms with Crippen molar-refractivity contribution in [2.75, 3.05) is 11.5 Å². The van der Waals surface area contributed by atoms with Crippen molar-refractivity contribution in [1.82, 2.24) is 15.3 Å². The maximum Gasteiger partial charge on any atom is 0.307 e. The van der Waals surface area contributed by atoms with Crippen LogP contribution in [-0.2, 0) is 43.4 Å². The van der Waals surface area contributed by atoms with E-state index in [9.17, 15) is 22.8 Å². The number of fused-ring (bicyclic) bond motifs is 3. The highest BCUT2D eigenvalue weighted by molar-refractivity contribution is 7.91. The van der Waals surface area contributed by atoms with Crippen molar-refractivity contribution in [2.24, 2.45) is 0 Å². The predicted molar refractivity (Wildman–Crippen MR) is 116 cm³/mol. The van der Waals surface area contributed by atoms with Crippen molar-refractivity contribution >= 4 is 43.3 Å². The van der Waals surface area contributed by atoms with Gasteiger partial charge < -0.3 is 15.0 Å². The average Bonchev–Trinajstić information content (AvgIpc) is 3.25. The largest absolute Gasteiger partial charge is 0.453 e. The Morgan fingerprint density at radius 3 is 2.84 bits per heavy atom. The van der Waals surface area contributed by atoms with Gasteiger partial charge in [0.1, 0.15) is 10.7 Å². The molecule has 0 bridgehead atoms. The molecule has 0 radical (unpaired) electrons. The molecular formula is C20H25N3O6S2. The second-order valence-electron chi connectivity index (χ2n) is 8.14. The number of esters is 1. The van der Waals surface area contributed by atoms with Crippen LogP contribution in [0, 0.1) is 0 Å². The lowest BCUT2D eigenvalue weighted by molar-refractivity contribution is -0.155. The summed E-state index contributed by atoms with van der Waals surface area (Å²) in [6.07, 6.45) is 3.57. The normalized spacial score (nSPS) is 20.9. The molecule has 1 aliphatic carbocycles. The lowest BCUT2D eigenvalue weighted by Crippen LogP contribution is -2.42. The van der Waals surface area contributed by atoms with Gasteiger partial charge in [-0.2, -0.15) is 0 Å². The average molecular weight is 468 g/mol. The van der Waals surface area contributed by atoms with Crippen LogP contribution in [0.5, 0.6) is 0 Å². The minimum absolute atomic E-state index is 0.0328. The second kappa shape index (κ2) is 8.70. The Morgan fingerprint density at radius 2 is 2.10 bits per heavy atom. The summed E-state index contributed by atoms with van der Waals surface area (Å²) < 4.78 is 28.1. The topological polar surface area (TPSA) is 135 Å². The first kappa shape index (κ1) is 21.9. The van der Waals surface area contributed by atoms with Gasteiger partial charge in [-0.15, -0.1) is 11.3 Å². The Morgan fingerprint density at radius 1 is 1.32 bits per heavy atom. The molecule has 0 spiro atoms. The van der Waals surface area contributed by atoms with Gasteiger partial charge in [0.2, 0.25) is 0 Å². The lowest BCUT2D eigenvalue weighted by Gasteiger charge is -2.16. The number of thiophene rings is 1. The summed E-state index contributed by atoms with van der Waals surface area (Å²) in [5.41, 5.74) is 0.938. The second-order valence-corrected chi connectivity index (χ2v) is 11.5. The molecule has 1 amide bonds. The molecule has 2 aliphatic rings. The minimum atomic E-state index is -3.11. The SMILES string of the molecule is CC(OC(=O)CCc1nc2sc3c(c2c(=O)[nH]1)CCCC3)C(=O)NC1CCS(=O)(=O)C1. The predicted octanol–water partition coefficient (Wildman–Crippen LogP) is 1.03. The number of nitrogens with zero attached hydrogens (tertiary/aromatic N) is 1. The first-order chi connectivity index (χ1) is 14.7. The van der Waals surface area contributed by atoms with Crippen LogP contribution < -0.4 is 10.9 Å². The van der Waals surface area contributed by atoms with Gasteiger partial charge in [0.05, 0.1) is 23.3 Å². The van der Waals surface area contributed by atoms with Gasteiger partial charge in [-0.3, -0.25) is 14.4 Å². The highest BCUT2D eigenvalue weighted by Crippen LogP contribution is 2.33. The summed E-state index contributed by atoms with van der Waals surface area (Å²) in [5.74, 6) is -0.731. The molecule has 4 rings (SSSR count). The van der Waals surface area contributed by atoms with E-state index in [1.807, 2.05) is 0 Å². The third-order valence-corrected chi connectivity index (χ3v) is 8.65. The number of carbonyl (C=O) groups excluding carboxylic acids is 2. The van der Waals surface area contributed by atoms with Gasteiger partial charge in [0.25, 0.3) is 11.5 Å². The van der Waals surface area contributed by atoms with Crippen LogP contribution in [0.3, 0.4) is 0 Å². The minimum Gasteiger partial charge on any atom is -0.453 e. The maximum absolute atomic E-state index is 12.6. The number of aromatic nitrogens is 2. The third-order valence-electron chi connectivity index (χ3n) is 5.70. The van der Waals surface area contributed by atoms with E-state index >= 15 is 0 Å². The van der Waals surface area contributed by atoms with Gasteiger partial charge in [0.15, 0.2) is 15.9 Å². The molecule has 1 saturated heterocycles. The zero-order valence-electron chi connectivity index (χ0n) is 17.2. The number of ether oxygens (including phenoxy) is 1. The number of sulfone groups is 1. The first-order valence-electron chi connectivity index (χ1n) is 10.5. The van der Waals surface area contributed by atoms with Crippen LogP contribution in [0.15, 0.2) is 4.79 Å². The Balaban J connectivity index is 1.32. The van der Waals surface area contributed by atoms with Crippen LogP contribution in [0.25, 0.3) is 10.2 Å². The molecule has 168 valence electrons. The highest BCUT2D eigenvalue weighted by atomic mass is 32.2. The van der Waals surface area contributed by atoms with E-state index in [4.69, 9.17) is 4.74 Å². The molecule has 0 aromatic carbocycles. The fourth-order valence-corrected chi connectivity index (χ4v) is 7.04. The fraction of sp³-hybridized carbons (Fsp3) is 0.600. The molecule has 2 atom stereocenters. The molecule has 2 aromatic heterocycles. The zero-order chi connectivity index (χ0) is 22.2. The van der Waals surface area contributed by atoms with E-state index in [1.165, 1.54) is 11.8 Å². The number of hydrogen-bond acceptors (Lipinski definition) is 8. The number of nitrogens with one attached hydrogen (secondary N) is 2. The maximum atomic E-state index is 12.6. The summed E-state index contributed by atoms with van der Waals surface area (Å²) in [4.78, 5) is 46.1. The lowest BCUT2D eigenvalue weighted by atomic mass is 9.97. The molecule has 11 heteroatoms. The van der Waals surface area contributed by atoms with Crippen molar-refractivity contribution in [3.63, 3.8) is 0 Å². The van der Waals surface area contributed by atoms with Crippen molar-refractivity contribution in [1.29, 1.82) is 0 Å². The van der Waals surface area contributed by atoms with Crippen molar-refractivity contribution in [3.05, 3.63) is 26.6 Å². The molecule has 2 N–H and O–H groups in total. The van der Waals surface area contributed by atoms with Crippen molar-refractivity contribution in [2.45, 2.75) is 64.0 Å². The molecule has 3 heterocycles. The van der Waals surface area contributed by atoms with Crippen LogP contribution in [0.2, 0.25) is 0 Å². The van der Waals surface area contributed by atoms with Crippen molar-refractivity contribution < 1.29 is 22.7 Å². The van der Waals surface area contributed by atoms with Crippen molar-refractivity contribution in [3.8, 4) is 0 Å². The summed E-state index contributed by atoms with van der Waals surface area (Å²) in [6.45, 7) is 1.44. The summed E-state index contributed by atoms with van der Waals surface area (Å²) >= 11 is 1.55. The summed E-state index contributed by atoms with van der Waals surface area (Å²) in [7, 11) is -3.11. The number of H-pyrrole nitrogens is 1. The third kappa shape index (κ3) is 4.98. The summed E-state index contributed by atoms with van der Waals surface area (Å²) in [6, 6.07) is -0.448. The quantitative estimate of drug-likeness (QED) is 0.606. The number of amides is 1. The number of rotatable bonds is 6. The molecule has 2 unspecified atom stereocenters. The van der Waals surface area contributed by atoms with Crippen LogP contribution in [-0.4, -0.2) is 53.9 Å². The van der Waals surface area contributed by atoms with E-state index in [-0.39, 0.29) is 29.9 Å². The summed E-state index contributed by atoms with van der Waals surface area (Å²) in [5, 5.41) is 3.28. The number of aryl methyl sites for hydroxylation is 3. The zero-order valence-corrected chi connectivity index (χ0v) is 18.9. The standard InChI is InChI=1S/C20H25N3O6S2/c1-11(18(25)21-12-8-9-31(27,28)10-12)29-16(24)7-6-15-22-19(26)17-13-4-2-3-5-14(13)30-20(17)23-15/h11-12H,2-10H2,1H3,(H,21,25)(H,22,23,26). The number of carbonyl (C=O) groups is 2. The van der Waals surface area contributed by atoms with E-state index in [1.54, 1.807) is 11.3 Å². The molecular weight excluding hydrogens is 442 g/mol. The molecule has 1 aliphatic heterocycles.